The summed E-state index contributed by atoms with van der Waals surface area (Å²) >= 11 is 0. The number of fused-ring (bicyclic) bond motifs is 2. The van der Waals surface area contributed by atoms with Crippen molar-refractivity contribution in [2.75, 3.05) is 0 Å². The molecule has 0 bridgehead atoms. The van der Waals surface area contributed by atoms with Gasteiger partial charge in [-0.2, -0.15) is 10.5 Å². The molecule has 0 radical (unpaired) electrons. The molecule has 0 saturated carbocycles. The normalized spacial score (nSPS) is 14.9. The first-order chi connectivity index (χ1) is 20.6. The van der Waals surface area contributed by atoms with Crippen molar-refractivity contribution < 1.29 is 0 Å². The van der Waals surface area contributed by atoms with Gasteiger partial charge in [0.1, 0.15) is 6.07 Å². The van der Waals surface area contributed by atoms with Crippen molar-refractivity contribution in [2.24, 2.45) is 0 Å². The lowest BCUT2D eigenvalue weighted by atomic mass is 9.81. The van der Waals surface area contributed by atoms with Crippen LogP contribution in [0.25, 0.3) is 64.3 Å². The van der Waals surface area contributed by atoms with Gasteiger partial charge >= 0.3 is 0 Å². The minimum atomic E-state index is -0.464. The van der Waals surface area contributed by atoms with E-state index in [9.17, 15) is 21.0 Å². The van der Waals surface area contributed by atoms with Crippen LogP contribution in [0, 0.1) is 71.6 Å². The number of aromatic nitrogens is 2. The average Bonchev–Trinajstić information content (AvgIpc) is 3.54. The highest BCUT2D eigenvalue weighted by molar-refractivity contribution is 6.21. The van der Waals surface area contributed by atoms with Gasteiger partial charge in [0.2, 0.25) is 5.70 Å². The molecule has 186 valence electrons. The third-order valence-corrected chi connectivity index (χ3v) is 6.65. The zero-order valence-corrected chi connectivity index (χ0v) is 21.1. The molecule has 0 atom stereocenters. The van der Waals surface area contributed by atoms with E-state index in [-0.39, 0.29) is 78.5 Å². The molecule has 10 heteroatoms. The van der Waals surface area contributed by atoms with Crippen LogP contribution in [0.4, 0.5) is 0 Å². The molecule has 0 amide bonds. The Hall–Kier alpha value is -7.60. The Morgan fingerprint density at radius 2 is 1.07 bits per heavy atom. The third-order valence-electron chi connectivity index (χ3n) is 6.65. The lowest BCUT2D eigenvalue weighted by Gasteiger charge is -2.22. The van der Waals surface area contributed by atoms with Gasteiger partial charge in [-0.05, 0) is 46.5 Å². The molecule has 0 spiro atoms. The summed E-state index contributed by atoms with van der Waals surface area (Å²) in [6, 6.07) is 17.5. The highest BCUT2D eigenvalue weighted by Gasteiger charge is 2.43. The zero-order chi connectivity index (χ0) is 30.0. The lowest BCUT2D eigenvalue weighted by Crippen LogP contribution is -2.05. The molecule has 5 rings (SSSR count). The number of hydrogen-bond acceptors (Lipinski definition) is 6. The largest absolute Gasteiger partial charge is 0.270 e. The Bertz CT molecular complexity index is 2050. The molecule has 0 fully saturated rings. The van der Waals surface area contributed by atoms with Crippen molar-refractivity contribution in [3.05, 3.63) is 139 Å². The van der Waals surface area contributed by atoms with Gasteiger partial charge in [0, 0.05) is 34.7 Å². The predicted molar refractivity (Wildman–Crippen MR) is 149 cm³/mol. The van der Waals surface area contributed by atoms with Crippen molar-refractivity contribution in [3.63, 3.8) is 0 Å². The maximum atomic E-state index is 10.4. The van der Waals surface area contributed by atoms with Gasteiger partial charge in [-0.3, -0.25) is 14.8 Å². The molecule has 10 nitrogen and oxygen atoms in total. The molecule has 0 saturated heterocycles. The van der Waals surface area contributed by atoms with Gasteiger partial charge in [-0.25, -0.2) is 25.1 Å². The maximum absolute atomic E-state index is 10.4. The molecule has 42 heavy (non-hydrogen) atoms. The lowest BCUT2D eigenvalue weighted by molar-refractivity contribution is 1.29. The van der Waals surface area contributed by atoms with E-state index in [0.717, 1.165) is 0 Å². The molecule has 2 heterocycles. The molecule has 2 aliphatic rings. The van der Waals surface area contributed by atoms with Gasteiger partial charge in [0.15, 0.2) is 5.70 Å². The summed E-state index contributed by atoms with van der Waals surface area (Å²) in [5.41, 5.74) is -0.617. The Morgan fingerprint density at radius 1 is 0.571 bits per heavy atom. The third kappa shape index (κ3) is 3.44. The van der Waals surface area contributed by atoms with Crippen molar-refractivity contribution in [1.29, 1.82) is 21.0 Å². The van der Waals surface area contributed by atoms with Crippen molar-refractivity contribution in [3.8, 4) is 46.8 Å². The van der Waals surface area contributed by atoms with Crippen LogP contribution in [0.1, 0.15) is 22.3 Å². The second kappa shape index (κ2) is 10.3. The van der Waals surface area contributed by atoms with E-state index < -0.39 is 11.4 Å². The van der Waals surface area contributed by atoms with Crippen molar-refractivity contribution in [2.45, 2.75) is 0 Å². The summed E-state index contributed by atoms with van der Waals surface area (Å²) in [6.07, 6.45) is 2.95. The topological polar surface area (TPSA) is 138 Å². The SMILES string of the molecule is [C-]#[N+]C1=C([N+]#[C-])c2c(c(-c3ccccn3)c3c(c2-c2ccccn2)/C(=C(/C#N)[N+]#[C-])C(C#N)=C3C#N)/C1=C(\C#N)[N+]#[C-]. The highest BCUT2D eigenvalue weighted by Crippen LogP contribution is 2.59. The van der Waals surface area contributed by atoms with Crippen molar-refractivity contribution >= 4 is 22.4 Å². The molecule has 0 N–H and O–H groups in total. The van der Waals surface area contributed by atoms with E-state index >= 15 is 0 Å². The fourth-order valence-corrected chi connectivity index (χ4v) is 5.18. The summed E-state index contributed by atoms with van der Waals surface area (Å²) < 4.78 is 0. The monoisotopic (exact) mass is 532 g/mol. The second-order valence-corrected chi connectivity index (χ2v) is 8.47. The van der Waals surface area contributed by atoms with E-state index in [2.05, 4.69) is 29.3 Å². The number of rotatable bonds is 2. The summed E-state index contributed by atoms with van der Waals surface area (Å²) in [5.74, 6) is 0. The number of nitrogens with zero attached hydrogens (tertiary/aromatic N) is 10. The molecule has 0 unspecified atom stereocenters. The summed E-state index contributed by atoms with van der Waals surface area (Å²) in [5, 5.41) is 40.5. The van der Waals surface area contributed by atoms with Crippen LogP contribution in [0.3, 0.4) is 0 Å². The number of benzene rings is 1. The Kier molecular flexibility index (Phi) is 6.37. The number of nitriles is 4. The minimum absolute atomic E-state index is 0.108. The smallest absolute Gasteiger partial charge is 0.256 e. The molecule has 1 aromatic carbocycles. The molecule has 0 aliphatic heterocycles. The van der Waals surface area contributed by atoms with Crippen LogP contribution in [0.2, 0.25) is 0 Å². The maximum Gasteiger partial charge on any atom is 0.270 e. The van der Waals surface area contributed by atoms with E-state index in [4.69, 9.17) is 26.3 Å². The fourth-order valence-electron chi connectivity index (χ4n) is 5.18. The summed E-state index contributed by atoms with van der Waals surface area (Å²) in [7, 11) is 0. The molecule has 2 aromatic heterocycles. The first-order valence-corrected chi connectivity index (χ1v) is 11.7. The van der Waals surface area contributed by atoms with E-state index in [1.165, 1.54) is 12.4 Å². The molecular formula is C32H8N10. The number of allylic oxidation sites excluding steroid dienone is 6. The first kappa shape index (κ1) is 26.0. The Labute approximate surface area is 239 Å². The number of hydrogen-bond donors (Lipinski definition) is 0. The van der Waals surface area contributed by atoms with Crippen LogP contribution in [0.15, 0.2) is 71.5 Å². The van der Waals surface area contributed by atoms with Crippen molar-refractivity contribution in [1.82, 2.24) is 9.97 Å². The van der Waals surface area contributed by atoms with Crippen LogP contribution in [0.5, 0.6) is 0 Å². The highest BCUT2D eigenvalue weighted by atomic mass is 14.8. The van der Waals surface area contributed by atoms with Crippen LogP contribution >= 0.6 is 0 Å². The van der Waals surface area contributed by atoms with Crippen LogP contribution in [-0.2, 0) is 0 Å². The zero-order valence-electron chi connectivity index (χ0n) is 21.1. The predicted octanol–water partition coefficient (Wildman–Crippen LogP) is 6.45. The van der Waals surface area contributed by atoms with E-state index in [1.54, 1.807) is 36.4 Å². The van der Waals surface area contributed by atoms with Gasteiger partial charge in [0.25, 0.3) is 11.4 Å². The number of pyridine rings is 2. The van der Waals surface area contributed by atoms with Gasteiger partial charge < -0.3 is 0 Å². The quantitative estimate of drug-likeness (QED) is 0.274. The molecule has 3 aromatic rings. The van der Waals surface area contributed by atoms with Crippen LogP contribution < -0.4 is 0 Å². The van der Waals surface area contributed by atoms with Crippen LogP contribution in [-0.4, -0.2) is 9.97 Å². The first-order valence-electron chi connectivity index (χ1n) is 11.7. The van der Waals surface area contributed by atoms with E-state index in [0.29, 0.717) is 0 Å². The standard InChI is InChI=1S/C32H8N10/c1-37-21(15-35)23-17(13-33)18(14-34)24-25(19-9-5-7-11-41-19)29-27(22(16-36)38-2)31(39-3)32(40-4)30(29)26(28(23)24)20-10-6-8-12-42-20/h5-12H/b23-21-,27-22-. The second-order valence-electron chi connectivity index (χ2n) is 8.47. The Morgan fingerprint density at radius 3 is 1.50 bits per heavy atom. The Balaban J connectivity index is 2.28. The summed E-state index contributed by atoms with van der Waals surface area (Å²) in [6.45, 7) is 31.4. The fraction of sp³-hybridized carbons (Fsp3) is 0. The van der Waals surface area contributed by atoms with Gasteiger partial charge in [-0.1, -0.05) is 12.1 Å². The summed E-state index contributed by atoms with van der Waals surface area (Å²) in [4.78, 5) is 22.8. The van der Waals surface area contributed by atoms with Gasteiger partial charge in [-0.15, -0.1) is 0 Å². The van der Waals surface area contributed by atoms with E-state index in [1.807, 2.05) is 24.3 Å². The van der Waals surface area contributed by atoms with Gasteiger partial charge in [0.05, 0.1) is 67.0 Å². The minimum Gasteiger partial charge on any atom is -0.256 e. The molecular weight excluding hydrogens is 524 g/mol. The molecule has 2 aliphatic carbocycles. The average molecular weight is 532 g/mol.